The molecule has 5 heterocycles. The molecule has 0 bridgehead atoms. The molecule has 0 radical (unpaired) electrons. The molecule has 30 heavy (non-hydrogen) atoms. The van der Waals surface area contributed by atoms with E-state index in [1.807, 2.05) is 0 Å². The summed E-state index contributed by atoms with van der Waals surface area (Å²) < 4.78 is 5.98. The molecular weight excluding hydrogens is 378 g/mol. The fourth-order valence-electron chi connectivity index (χ4n) is 6.31. The number of rotatable bonds is 2. The van der Waals surface area contributed by atoms with Crippen LogP contribution in [-0.2, 0) is 19.4 Å². The highest BCUT2D eigenvalue weighted by Gasteiger charge is 2.38. The third kappa shape index (κ3) is 3.00. The minimum Gasteiger partial charge on any atom is -0.422 e. The predicted octanol–water partition coefficient (Wildman–Crippen LogP) is 2.13. The highest BCUT2D eigenvalue weighted by molar-refractivity contribution is 5.88. The molecule has 0 aliphatic carbocycles. The van der Waals surface area contributed by atoms with Crippen LogP contribution >= 0.6 is 0 Å². The van der Waals surface area contributed by atoms with Crippen LogP contribution in [-0.4, -0.2) is 65.8 Å². The Labute approximate surface area is 177 Å². The second kappa shape index (κ2) is 7.08. The van der Waals surface area contributed by atoms with E-state index in [0.29, 0.717) is 18.6 Å². The summed E-state index contributed by atoms with van der Waals surface area (Å²) in [5.74, 6) is 0. The van der Waals surface area contributed by atoms with Crippen molar-refractivity contribution in [1.29, 1.82) is 0 Å². The van der Waals surface area contributed by atoms with Crippen molar-refractivity contribution in [2.45, 2.75) is 63.8 Å². The van der Waals surface area contributed by atoms with E-state index in [4.69, 9.17) is 4.42 Å². The van der Waals surface area contributed by atoms with Crippen molar-refractivity contribution in [2.24, 2.45) is 0 Å². The summed E-state index contributed by atoms with van der Waals surface area (Å²) in [6.45, 7) is 7.72. The SMILES string of the molecule is C[C@H]1CN2C[C@H](O)CC2CN1Cc1cc2cc3c4c(c2oc1=O)CCCN4CCC3. The Morgan fingerprint density at radius 3 is 2.83 bits per heavy atom. The second-order valence-corrected chi connectivity index (χ2v) is 9.81. The number of piperazine rings is 1. The van der Waals surface area contributed by atoms with Crippen LogP contribution in [0.3, 0.4) is 0 Å². The first-order chi connectivity index (χ1) is 14.6. The highest BCUT2D eigenvalue weighted by atomic mass is 16.4. The maximum atomic E-state index is 13.0. The zero-order chi connectivity index (χ0) is 20.4. The molecule has 0 saturated carbocycles. The van der Waals surface area contributed by atoms with Crippen molar-refractivity contribution in [3.05, 3.63) is 39.2 Å². The van der Waals surface area contributed by atoms with Crippen LogP contribution in [0.25, 0.3) is 11.0 Å². The number of aliphatic hydroxyl groups is 1. The topological polar surface area (TPSA) is 60.2 Å². The van der Waals surface area contributed by atoms with Crippen LogP contribution < -0.4 is 10.5 Å². The molecule has 1 aromatic heterocycles. The summed E-state index contributed by atoms with van der Waals surface area (Å²) in [4.78, 5) is 20.3. The van der Waals surface area contributed by atoms with Gasteiger partial charge in [0.15, 0.2) is 0 Å². The van der Waals surface area contributed by atoms with Gasteiger partial charge in [-0.3, -0.25) is 9.80 Å². The number of aliphatic hydroxyl groups excluding tert-OH is 1. The van der Waals surface area contributed by atoms with Gasteiger partial charge in [-0.05, 0) is 56.7 Å². The lowest BCUT2D eigenvalue weighted by Crippen LogP contribution is -2.54. The molecule has 6 nitrogen and oxygen atoms in total. The minimum absolute atomic E-state index is 0.187. The maximum Gasteiger partial charge on any atom is 0.340 e. The maximum absolute atomic E-state index is 13.0. The average Bonchev–Trinajstić information content (AvgIpc) is 3.08. The van der Waals surface area contributed by atoms with E-state index in [1.54, 1.807) is 0 Å². The summed E-state index contributed by atoms with van der Waals surface area (Å²) in [7, 11) is 0. The Morgan fingerprint density at radius 2 is 1.97 bits per heavy atom. The Morgan fingerprint density at radius 1 is 1.13 bits per heavy atom. The molecule has 2 aromatic rings. The minimum atomic E-state index is -0.212. The second-order valence-electron chi connectivity index (χ2n) is 9.81. The Hall–Kier alpha value is -1.89. The van der Waals surface area contributed by atoms with Gasteiger partial charge >= 0.3 is 5.63 Å². The number of benzene rings is 1. The molecule has 4 aliphatic rings. The molecule has 2 fully saturated rings. The van der Waals surface area contributed by atoms with Crippen LogP contribution in [0.2, 0.25) is 0 Å². The van der Waals surface area contributed by atoms with Gasteiger partial charge in [0.25, 0.3) is 0 Å². The van der Waals surface area contributed by atoms with Crippen molar-refractivity contribution in [2.75, 3.05) is 37.6 Å². The standard InChI is InChI=1S/C24H31N3O3/c1-15-11-27-14-20(28)10-19(27)13-26(15)12-18-9-17-8-16-4-2-6-25-7-3-5-21(22(16)25)23(17)30-24(18)29/h8-9,15,19-20,28H,2-7,10-14H2,1H3/t15-,19?,20+/m0/s1. The first kappa shape index (κ1) is 18.8. The van der Waals surface area contributed by atoms with Gasteiger partial charge in [-0.15, -0.1) is 0 Å². The fourth-order valence-corrected chi connectivity index (χ4v) is 6.31. The van der Waals surface area contributed by atoms with Crippen LogP contribution in [0.15, 0.2) is 21.3 Å². The highest BCUT2D eigenvalue weighted by Crippen LogP contribution is 2.39. The van der Waals surface area contributed by atoms with E-state index in [2.05, 4.69) is 33.8 Å². The third-order valence-corrected chi connectivity index (χ3v) is 7.73. The van der Waals surface area contributed by atoms with E-state index in [1.165, 1.54) is 23.2 Å². The van der Waals surface area contributed by atoms with Crippen molar-refractivity contribution in [1.82, 2.24) is 9.80 Å². The quantitative estimate of drug-likeness (QED) is 0.767. The molecule has 160 valence electrons. The average molecular weight is 410 g/mol. The molecule has 0 amide bonds. The van der Waals surface area contributed by atoms with Gasteiger partial charge in [0.2, 0.25) is 0 Å². The van der Waals surface area contributed by atoms with Crippen LogP contribution in [0.1, 0.15) is 42.9 Å². The van der Waals surface area contributed by atoms with E-state index in [9.17, 15) is 9.90 Å². The van der Waals surface area contributed by atoms with Crippen molar-refractivity contribution in [3.63, 3.8) is 0 Å². The Balaban J connectivity index is 1.35. The smallest absolute Gasteiger partial charge is 0.340 e. The fraction of sp³-hybridized carbons (Fsp3) is 0.625. The largest absolute Gasteiger partial charge is 0.422 e. The molecule has 1 unspecified atom stereocenters. The number of anilines is 1. The first-order valence-electron chi connectivity index (χ1n) is 11.6. The normalized spacial score (nSPS) is 29.3. The summed E-state index contributed by atoms with van der Waals surface area (Å²) in [6, 6.07) is 5.12. The van der Waals surface area contributed by atoms with Crippen molar-refractivity contribution in [3.8, 4) is 0 Å². The monoisotopic (exact) mass is 409 g/mol. The third-order valence-electron chi connectivity index (χ3n) is 7.73. The molecular formula is C24H31N3O3. The van der Waals surface area contributed by atoms with Gasteiger partial charge in [-0.2, -0.15) is 0 Å². The van der Waals surface area contributed by atoms with Crippen molar-refractivity contribution < 1.29 is 9.52 Å². The lowest BCUT2D eigenvalue weighted by molar-refractivity contribution is 0.0522. The lowest BCUT2D eigenvalue weighted by atomic mass is 9.90. The summed E-state index contributed by atoms with van der Waals surface area (Å²) >= 11 is 0. The van der Waals surface area contributed by atoms with E-state index in [-0.39, 0.29) is 11.7 Å². The van der Waals surface area contributed by atoms with Gasteiger partial charge in [0, 0.05) is 68.0 Å². The van der Waals surface area contributed by atoms with Crippen LogP contribution in [0, 0.1) is 0 Å². The van der Waals surface area contributed by atoms with Gasteiger partial charge in [0.1, 0.15) is 5.58 Å². The van der Waals surface area contributed by atoms with E-state index in [0.717, 1.165) is 74.9 Å². The van der Waals surface area contributed by atoms with Gasteiger partial charge in [-0.25, -0.2) is 4.79 Å². The number of fused-ring (bicyclic) bond motifs is 3. The molecule has 1 N–H and O–H groups in total. The molecule has 1 aromatic carbocycles. The van der Waals surface area contributed by atoms with Gasteiger partial charge in [0.05, 0.1) is 11.7 Å². The van der Waals surface area contributed by atoms with Crippen LogP contribution in [0.4, 0.5) is 5.69 Å². The predicted molar refractivity (Wildman–Crippen MR) is 117 cm³/mol. The molecule has 2 saturated heterocycles. The zero-order valence-electron chi connectivity index (χ0n) is 17.8. The number of nitrogens with zero attached hydrogens (tertiary/aromatic N) is 3. The number of aryl methyl sites for hydroxylation is 2. The lowest BCUT2D eigenvalue weighted by Gasteiger charge is -2.42. The van der Waals surface area contributed by atoms with Crippen LogP contribution in [0.5, 0.6) is 0 Å². The number of hydrogen-bond acceptors (Lipinski definition) is 6. The molecule has 4 aliphatic heterocycles. The van der Waals surface area contributed by atoms with Crippen molar-refractivity contribution >= 4 is 16.7 Å². The number of hydrogen-bond donors (Lipinski definition) is 1. The zero-order valence-corrected chi connectivity index (χ0v) is 17.8. The molecule has 6 rings (SSSR count). The molecule has 0 spiro atoms. The van der Waals surface area contributed by atoms with E-state index >= 15 is 0 Å². The Bertz CT molecular complexity index is 1050. The summed E-state index contributed by atoms with van der Waals surface area (Å²) in [5.41, 5.74) is 5.40. The first-order valence-corrected chi connectivity index (χ1v) is 11.6. The molecule has 6 heteroatoms. The molecule has 3 atom stereocenters. The summed E-state index contributed by atoms with van der Waals surface area (Å²) in [6.07, 6.45) is 5.08. The Kier molecular flexibility index (Phi) is 4.44. The summed E-state index contributed by atoms with van der Waals surface area (Å²) in [5, 5.41) is 11.1. The van der Waals surface area contributed by atoms with Gasteiger partial charge < -0.3 is 14.4 Å². The van der Waals surface area contributed by atoms with Gasteiger partial charge in [-0.1, -0.05) is 0 Å². The van der Waals surface area contributed by atoms with E-state index < -0.39 is 0 Å².